The lowest BCUT2D eigenvalue weighted by Crippen LogP contribution is -2.69. The Labute approximate surface area is 111 Å². The van der Waals surface area contributed by atoms with Gasteiger partial charge in [0.15, 0.2) is 0 Å². The molecule has 0 spiro atoms. The molecule has 96 valence electrons. The molecule has 1 aliphatic rings. The fraction of sp³-hybridized carbons (Fsp3) is 0.385. The zero-order chi connectivity index (χ0) is 13.0. The summed E-state index contributed by atoms with van der Waals surface area (Å²) in [6.07, 6.45) is 0. The topological polar surface area (TPSA) is 55.1 Å². The molecular weight excluding hydrogens is 246 g/mol. The van der Waals surface area contributed by atoms with Crippen LogP contribution in [-0.2, 0) is 4.79 Å². The molecule has 1 heterocycles. The van der Waals surface area contributed by atoms with Gasteiger partial charge in [0.1, 0.15) is 13.1 Å². The van der Waals surface area contributed by atoms with Crippen LogP contribution in [0.2, 0.25) is 0 Å². The Balaban J connectivity index is 1.90. The lowest BCUT2D eigenvalue weighted by atomic mass is 10.1. The third-order valence-electron chi connectivity index (χ3n) is 2.79. The normalized spacial score (nSPS) is 14.0. The summed E-state index contributed by atoms with van der Waals surface area (Å²) in [5.74, 6) is 0.448. The molecule has 0 fully saturated rings. The lowest BCUT2D eigenvalue weighted by molar-refractivity contribution is -0.441. The van der Waals surface area contributed by atoms with Crippen LogP contribution in [0.1, 0.15) is 11.1 Å². The van der Waals surface area contributed by atoms with Gasteiger partial charge < -0.3 is 5.32 Å². The van der Waals surface area contributed by atoms with Crippen LogP contribution in [0.15, 0.2) is 18.2 Å². The molecule has 2 rings (SSSR count). The summed E-state index contributed by atoms with van der Waals surface area (Å²) >= 11 is 1.51. The lowest BCUT2D eigenvalue weighted by Gasteiger charge is -2.10. The largest absolute Gasteiger partial charge is 0.325 e. The molecule has 1 aromatic carbocycles. The molecule has 0 bridgehead atoms. The summed E-state index contributed by atoms with van der Waals surface area (Å²) in [6, 6.07) is 6.01. The maximum Gasteiger partial charge on any atom is 0.304 e. The van der Waals surface area contributed by atoms with Gasteiger partial charge in [-0.15, -0.1) is 0 Å². The van der Waals surface area contributed by atoms with Crippen LogP contribution < -0.4 is 15.6 Å². The quantitative estimate of drug-likeness (QED) is 0.721. The number of anilines is 1. The predicted octanol–water partition coefficient (Wildman–Crippen LogP) is 0.0149. The van der Waals surface area contributed by atoms with Crippen molar-refractivity contribution >= 4 is 28.5 Å². The van der Waals surface area contributed by atoms with Crippen molar-refractivity contribution in [3.05, 3.63) is 29.3 Å². The van der Waals surface area contributed by atoms with Crippen LogP contribution in [0.25, 0.3) is 0 Å². The van der Waals surface area contributed by atoms with Crippen molar-refractivity contribution in [1.82, 2.24) is 5.32 Å². The maximum atomic E-state index is 11.9. The van der Waals surface area contributed by atoms with Gasteiger partial charge >= 0.3 is 5.17 Å². The monoisotopic (exact) mass is 264 g/mol. The molecule has 0 saturated heterocycles. The number of carbonyl (C=O) groups is 1. The molecule has 18 heavy (non-hydrogen) atoms. The van der Waals surface area contributed by atoms with Crippen molar-refractivity contribution in [2.45, 2.75) is 13.8 Å². The number of benzene rings is 1. The Kier molecular flexibility index (Phi) is 4.25. The van der Waals surface area contributed by atoms with E-state index in [1.54, 1.807) is 0 Å². The number of thioether (sulfide) groups is 1. The van der Waals surface area contributed by atoms with E-state index in [0.717, 1.165) is 35.1 Å². The first-order chi connectivity index (χ1) is 8.66. The highest BCUT2D eigenvalue weighted by molar-refractivity contribution is 8.14. The number of nitrogens with one attached hydrogen (secondary N) is 3. The van der Waals surface area contributed by atoms with Gasteiger partial charge in [0.25, 0.3) is 0 Å². The Morgan fingerprint density at radius 2 is 2.17 bits per heavy atom. The van der Waals surface area contributed by atoms with Gasteiger partial charge in [-0.1, -0.05) is 18.2 Å². The first-order valence-electron chi connectivity index (χ1n) is 6.00. The summed E-state index contributed by atoms with van der Waals surface area (Å²) in [5, 5.41) is 7.15. The van der Waals surface area contributed by atoms with Gasteiger partial charge in [-0.3, -0.25) is 15.1 Å². The number of amidine groups is 1. The van der Waals surface area contributed by atoms with E-state index < -0.39 is 0 Å². The van der Waals surface area contributed by atoms with Gasteiger partial charge in [-0.25, -0.2) is 0 Å². The number of carbonyl (C=O) groups excluding carboxylic acids is 1. The summed E-state index contributed by atoms with van der Waals surface area (Å²) in [4.78, 5) is 15.1. The highest BCUT2D eigenvalue weighted by Gasteiger charge is 2.15. The SMILES string of the molecule is Cc1cccc(C)c1NC(=O)CSC1=[NH+]CCN1. The third-order valence-corrected chi connectivity index (χ3v) is 3.77. The van der Waals surface area contributed by atoms with E-state index in [1.807, 2.05) is 32.0 Å². The van der Waals surface area contributed by atoms with Crippen LogP contribution >= 0.6 is 11.8 Å². The molecule has 0 saturated carbocycles. The minimum Gasteiger partial charge on any atom is -0.325 e. The fourth-order valence-electron chi connectivity index (χ4n) is 1.84. The molecule has 0 unspecified atom stereocenters. The molecule has 1 aromatic rings. The molecule has 0 aliphatic carbocycles. The first kappa shape index (κ1) is 13.0. The highest BCUT2D eigenvalue weighted by atomic mass is 32.2. The minimum atomic E-state index is 0.0281. The number of aryl methyl sites for hydroxylation is 2. The number of para-hydroxylation sites is 1. The van der Waals surface area contributed by atoms with E-state index in [0.29, 0.717) is 5.75 Å². The van der Waals surface area contributed by atoms with Gasteiger partial charge in [0.2, 0.25) is 5.91 Å². The second kappa shape index (κ2) is 5.91. The average Bonchev–Trinajstić information content (AvgIpc) is 2.84. The summed E-state index contributed by atoms with van der Waals surface area (Å²) in [6.45, 7) is 5.87. The predicted molar refractivity (Wildman–Crippen MR) is 75.8 cm³/mol. The Morgan fingerprint density at radius 1 is 1.44 bits per heavy atom. The summed E-state index contributed by atoms with van der Waals surface area (Å²) in [5.41, 5.74) is 3.12. The zero-order valence-electron chi connectivity index (χ0n) is 10.7. The molecule has 3 N–H and O–H groups in total. The summed E-state index contributed by atoms with van der Waals surface area (Å²) < 4.78 is 0. The smallest absolute Gasteiger partial charge is 0.304 e. The van der Waals surface area contributed by atoms with E-state index in [1.165, 1.54) is 11.8 Å². The van der Waals surface area contributed by atoms with Crippen LogP contribution in [0.4, 0.5) is 5.69 Å². The molecule has 4 nitrogen and oxygen atoms in total. The second-order valence-corrected chi connectivity index (χ2v) is 5.27. The van der Waals surface area contributed by atoms with E-state index >= 15 is 0 Å². The van der Waals surface area contributed by atoms with Gasteiger partial charge in [0, 0.05) is 5.69 Å². The Morgan fingerprint density at radius 3 is 2.78 bits per heavy atom. The zero-order valence-corrected chi connectivity index (χ0v) is 11.5. The second-order valence-electron chi connectivity index (χ2n) is 4.29. The van der Waals surface area contributed by atoms with E-state index in [9.17, 15) is 4.79 Å². The average molecular weight is 264 g/mol. The molecule has 0 atom stereocenters. The molecule has 0 aromatic heterocycles. The van der Waals surface area contributed by atoms with Crippen molar-refractivity contribution in [2.24, 2.45) is 0 Å². The van der Waals surface area contributed by atoms with Crippen LogP contribution in [0, 0.1) is 13.8 Å². The van der Waals surface area contributed by atoms with Crippen molar-refractivity contribution < 1.29 is 9.79 Å². The third kappa shape index (κ3) is 3.26. The van der Waals surface area contributed by atoms with Crippen LogP contribution in [0.3, 0.4) is 0 Å². The van der Waals surface area contributed by atoms with Crippen molar-refractivity contribution in [1.29, 1.82) is 0 Å². The summed E-state index contributed by atoms with van der Waals surface area (Å²) in [7, 11) is 0. The van der Waals surface area contributed by atoms with Crippen LogP contribution in [-0.4, -0.2) is 29.9 Å². The number of amides is 1. The van der Waals surface area contributed by atoms with Crippen molar-refractivity contribution in [2.75, 3.05) is 24.2 Å². The maximum absolute atomic E-state index is 11.9. The van der Waals surface area contributed by atoms with Gasteiger partial charge in [-0.05, 0) is 36.7 Å². The van der Waals surface area contributed by atoms with Crippen molar-refractivity contribution in [3.8, 4) is 0 Å². The van der Waals surface area contributed by atoms with Gasteiger partial charge in [0.05, 0.1) is 5.75 Å². The standard InChI is InChI=1S/C13H17N3OS/c1-9-4-3-5-10(2)12(9)16-11(17)8-18-13-14-6-7-15-13/h3-5H,6-8H2,1-2H3,(H,14,15)(H,16,17)/p+1. The molecular formula is C13H18N3OS+. The molecule has 1 amide bonds. The first-order valence-corrected chi connectivity index (χ1v) is 6.99. The van der Waals surface area contributed by atoms with E-state index in [-0.39, 0.29) is 5.91 Å². The number of rotatable bonds is 3. The fourth-order valence-corrected chi connectivity index (χ4v) is 2.60. The molecule has 1 aliphatic heterocycles. The minimum absolute atomic E-state index is 0.0281. The molecule has 5 heteroatoms. The number of hydrogen-bond acceptors (Lipinski definition) is 3. The van der Waals surface area contributed by atoms with E-state index in [2.05, 4.69) is 15.6 Å². The Bertz CT molecular complexity index is 465. The van der Waals surface area contributed by atoms with Crippen molar-refractivity contribution in [3.63, 3.8) is 0 Å². The van der Waals surface area contributed by atoms with Gasteiger partial charge in [-0.2, -0.15) is 0 Å². The van der Waals surface area contributed by atoms with Crippen LogP contribution in [0.5, 0.6) is 0 Å². The highest BCUT2D eigenvalue weighted by Crippen LogP contribution is 2.19. The Hall–Kier alpha value is -1.49. The molecule has 0 radical (unpaired) electrons. The number of hydrogen-bond donors (Lipinski definition) is 3. The van der Waals surface area contributed by atoms with E-state index in [4.69, 9.17) is 0 Å².